The Labute approximate surface area is 71.4 Å². The molecule has 0 aliphatic rings. The van der Waals surface area contributed by atoms with Crippen molar-refractivity contribution in [2.75, 3.05) is 6.61 Å². The number of hydrogen-bond acceptors (Lipinski definition) is 1. The van der Waals surface area contributed by atoms with Crippen molar-refractivity contribution in [2.45, 2.75) is 18.0 Å². The van der Waals surface area contributed by atoms with Gasteiger partial charge >= 0.3 is 18.0 Å². The highest BCUT2D eigenvalue weighted by Gasteiger charge is 2.72. The van der Waals surface area contributed by atoms with Crippen molar-refractivity contribution in [1.29, 1.82) is 0 Å². The summed E-state index contributed by atoms with van der Waals surface area (Å²) in [5.74, 6) is -11.4. The van der Waals surface area contributed by atoms with E-state index >= 15 is 0 Å². The number of alkyl halides is 7. The summed E-state index contributed by atoms with van der Waals surface area (Å²) in [6, 6.07) is 0. The normalized spacial score (nSPS) is 14.8. The molecule has 0 bridgehead atoms. The van der Waals surface area contributed by atoms with Crippen LogP contribution in [0.5, 0.6) is 0 Å². The molecule has 0 aliphatic carbocycles. The zero-order valence-corrected chi connectivity index (χ0v) is 6.76. The number of rotatable bonds is 3. The summed E-state index contributed by atoms with van der Waals surface area (Å²) in [5, 5.41) is 0. The van der Waals surface area contributed by atoms with Gasteiger partial charge in [-0.1, -0.05) is 0 Å². The summed E-state index contributed by atoms with van der Waals surface area (Å²) in [5.41, 5.74) is 0. The van der Waals surface area contributed by atoms with Crippen molar-refractivity contribution in [2.24, 2.45) is 0 Å². The third-order valence-corrected chi connectivity index (χ3v) is 1.21. The van der Waals surface area contributed by atoms with Gasteiger partial charge in [0.15, 0.2) is 0 Å². The molecule has 0 fully saturated rings. The van der Waals surface area contributed by atoms with Gasteiger partial charge in [0, 0.05) is 0 Å². The van der Waals surface area contributed by atoms with E-state index in [2.05, 4.69) is 4.43 Å². The van der Waals surface area contributed by atoms with Crippen molar-refractivity contribution in [3.8, 4) is 0 Å². The highest BCUT2D eigenvalue weighted by molar-refractivity contribution is 5.97. The van der Waals surface area contributed by atoms with Gasteiger partial charge < -0.3 is 4.43 Å². The van der Waals surface area contributed by atoms with Crippen molar-refractivity contribution in [1.82, 2.24) is 0 Å². The second kappa shape index (κ2) is 3.44. The van der Waals surface area contributed by atoms with Crippen LogP contribution in [0, 0.1) is 0 Å². The van der Waals surface area contributed by atoms with Gasteiger partial charge in [0.05, 0.1) is 0 Å². The highest BCUT2D eigenvalue weighted by atomic mass is 28.2. The second-order valence-corrected chi connectivity index (χ2v) is 2.35. The Balaban J connectivity index is 4.81. The van der Waals surface area contributed by atoms with E-state index in [0.29, 0.717) is 0 Å². The molecule has 0 aromatic heterocycles. The molecule has 0 rings (SSSR count). The van der Waals surface area contributed by atoms with Gasteiger partial charge in [-0.3, -0.25) is 0 Å². The molecule has 13 heavy (non-hydrogen) atoms. The van der Waals surface area contributed by atoms with Crippen LogP contribution in [0.25, 0.3) is 0 Å². The quantitative estimate of drug-likeness (QED) is 0.528. The Bertz CT molecular complexity index is 176. The molecule has 0 amide bonds. The maximum atomic E-state index is 12.1. The lowest BCUT2D eigenvalue weighted by Gasteiger charge is -2.27. The molecule has 0 atom stereocenters. The summed E-state index contributed by atoms with van der Waals surface area (Å²) in [6.45, 7) is -2.07. The zero-order valence-electron chi connectivity index (χ0n) is 5.76. The smallest absolute Gasteiger partial charge is 0.412 e. The van der Waals surface area contributed by atoms with Crippen LogP contribution in [0.2, 0.25) is 0 Å². The summed E-state index contributed by atoms with van der Waals surface area (Å²) in [6.07, 6.45) is -6.30. The fourth-order valence-electron chi connectivity index (χ4n) is 0.389. The van der Waals surface area contributed by atoms with Crippen molar-refractivity contribution < 1.29 is 35.2 Å². The Hall–Kier alpha value is -0.313. The molecule has 0 aromatic rings. The third kappa shape index (κ3) is 2.33. The zero-order chi connectivity index (χ0) is 10.9. The second-order valence-electron chi connectivity index (χ2n) is 2.07. The molecule has 0 saturated carbocycles. The van der Waals surface area contributed by atoms with E-state index in [9.17, 15) is 30.7 Å². The Morgan fingerprint density at radius 2 is 1.31 bits per heavy atom. The molecule has 1 nitrogen and oxygen atoms in total. The largest absolute Gasteiger partial charge is 0.459 e. The lowest BCUT2D eigenvalue weighted by atomic mass is 10.2. The maximum Gasteiger partial charge on any atom is 0.459 e. The molecule has 0 N–H and O–H groups in total. The minimum atomic E-state index is -6.30. The Morgan fingerprint density at radius 1 is 0.923 bits per heavy atom. The van der Waals surface area contributed by atoms with Crippen LogP contribution < -0.4 is 0 Å². The highest BCUT2D eigenvalue weighted by Crippen LogP contribution is 2.46. The fraction of sp³-hybridized carbons (Fsp3) is 1.00. The summed E-state index contributed by atoms with van der Waals surface area (Å²) in [7, 11) is 1.91. The van der Waals surface area contributed by atoms with Gasteiger partial charge in [-0.15, -0.1) is 0 Å². The molecule has 0 aliphatic heterocycles. The molecule has 77 valence electrons. The Kier molecular flexibility index (Phi) is 3.36. The SMILES string of the molecule is FC(F)(F)C(F)(F)C(F)(F)CO[Si]. The predicted octanol–water partition coefficient (Wildman–Crippen LogP) is 1.92. The van der Waals surface area contributed by atoms with Gasteiger partial charge in [-0.2, -0.15) is 30.7 Å². The van der Waals surface area contributed by atoms with Crippen LogP contribution >= 0.6 is 0 Å². The van der Waals surface area contributed by atoms with E-state index in [1.54, 1.807) is 0 Å². The maximum absolute atomic E-state index is 12.1. The minimum Gasteiger partial charge on any atom is -0.412 e. The molecule has 0 saturated heterocycles. The van der Waals surface area contributed by atoms with Gasteiger partial charge in [0.25, 0.3) is 0 Å². The van der Waals surface area contributed by atoms with Crippen LogP contribution in [0.1, 0.15) is 0 Å². The van der Waals surface area contributed by atoms with E-state index in [1.807, 2.05) is 10.5 Å². The molecule has 0 spiro atoms. The molecule has 0 aromatic carbocycles. The van der Waals surface area contributed by atoms with Crippen LogP contribution in [0.15, 0.2) is 0 Å². The van der Waals surface area contributed by atoms with Crippen molar-refractivity contribution in [3.63, 3.8) is 0 Å². The molecule has 3 radical (unpaired) electrons. The van der Waals surface area contributed by atoms with E-state index in [-0.39, 0.29) is 0 Å². The van der Waals surface area contributed by atoms with Crippen molar-refractivity contribution >= 4 is 10.5 Å². The topological polar surface area (TPSA) is 9.23 Å². The third-order valence-electron chi connectivity index (χ3n) is 1.07. The standard InChI is InChI=1S/C4H2F7OSi/c5-2(6,1-12-13)3(7,8)4(9,10)11/h1H2. The first-order chi connectivity index (χ1) is 5.56. The molecule has 0 heterocycles. The molecule has 9 heteroatoms. The Morgan fingerprint density at radius 3 is 1.54 bits per heavy atom. The van der Waals surface area contributed by atoms with Gasteiger partial charge in [-0.05, 0) is 0 Å². The van der Waals surface area contributed by atoms with Crippen LogP contribution in [0.4, 0.5) is 30.7 Å². The fourth-order valence-corrected chi connectivity index (χ4v) is 0.570. The molecule has 0 unspecified atom stereocenters. The molecular weight excluding hydrogens is 225 g/mol. The van der Waals surface area contributed by atoms with Crippen LogP contribution in [0.3, 0.4) is 0 Å². The average molecular weight is 227 g/mol. The van der Waals surface area contributed by atoms with Gasteiger partial charge in [0.2, 0.25) is 10.5 Å². The first-order valence-corrected chi connectivity index (χ1v) is 3.08. The first-order valence-electron chi connectivity index (χ1n) is 2.67. The first kappa shape index (κ1) is 12.7. The van der Waals surface area contributed by atoms with E-state index in [4.69, 9.17) is 0 Å². The lowest BCUT2D eigenvalue weighted by Crippen LogP contribution is -2.54. The van der Waals surface area contributed by atoms with E-state index < -0.39 is 24.6 Å². The van der Waals surface area contributed by atoms with Gasteiger partial charge in [-0.25, -0.2) is 0 Å². The van der Waals surface area contributed by atoms with Gasteiger partial charge in [0.1, 0.15) is 6.61 Å². The van der Waals surface area contributed by atoms with E-state index in [1.165, 1.54) is 0 Å². The van der Waals surface area contributed by atoms with Crippen LogP contribution in [-0.4, -0.2) is 35.1 Å². The number of halogens is 7. The average Bonchev–Trinajstić information content (AvgIpc) is 1.84. The monoisotopic (exact) mass is 227 g/mol. The number of hydrogen-bond donors (Lipinski definition) is 0. The summed E-state index contributed by atoms with van der Waals surface area (Å²) in [4.78, 5) is 0. The lowest BCUT2D eigenvalue weighted by molar-refractivity contribution is -0.358. The summed E-state index contributed by atoms with van der Waals surface area (Å²) < 4.78 is 85.4. The molecular formula is C4H2F7OSi. The minimum absolute atomic E-state index is 1.91. The van der Waals surface area contributed by atoms with Crippen molar-refractivity contribution in [3.05, 3.63) is 0 Å². The summed E-state index contributed by atoms with van der Waals surface area (Å²) >= 11 is 0. The van der Waals surface area contributed by atoms with Crippen LogP contribution in [-0.2, 0) is 4.43 Å². The predicted molar refractivity (Wildman–Crippen MR) is 27.7 cm³/mol. The van der Waals surface area contributed by atoms with E-state index in [0.717, 1.165) is 0 Å².